The lowest BCUT2D eigenvalue weighted by molar-refractivity contribution is 0.292. The molecule has 0 fully saturated rings. The van der Waals surface area contributed by atoms with E-state index in [0.29, 0.717) is 18.1 Å². The topological polar surface area (TPSA) is 77.4 Å². The van der Waals surface area contributed by atoms with Gasteiger partial charge in [-0.25, -0.2) is 4.98 Å². The van der Waals surface area contributed by atoms with E-state index < -0.39 is 0 Å². The number of aromatic nitrogens is 3. The van der Waals surface area contributed by atoms with Crippen LogP contribution in [0.1, 0.15) is 16.7 Å². The molecule has 6 heteroatoms. The highest BCUT2D eigenvalue weighted by atomic mass is 16.5. The van der Waals surface area contributed by atoms with Crippen molar-refractivity contribution in [1.29, 1.82) is 0 Å². The highest BCUT2D eigenvalue weighted by Crippen LogP contribution is 2.27. The number of benzene rings is 2. The summed E-state index contributed by atoms with van der Waals surface area (Å²) in [6, 6.07) is 11.8. The van der Waals surface area contributed by atoms with E-state index in [2.05, 4.69) is 15.2 Å². The van der Waals surface area contributed by atoms with Crippen LogP contribution >= 0.6 is 0 Å². The molecule has 26 heavy (non-hydrogen) atoms. The second-order valence-corrected chi connectivity index (χ2v) is 6.03. The fourth-order valence-corrected chi connectivity index (χ4v) is 2.62. The summed E-state index contributed by atoms with van der Waals surface area (Å²) >= 11 is 0. The molecule has 1 aromatic heterocycles. The van der Waals surface area contributed by atoms with Crippen LogP contribution in [0.15, 0.2) is 42.6 Å². The molecule has 2 aromatic carbocycles. The van der Waals surface area contributed by atoms with Crippen LogP contribution in [-0.4, -0.2) is 34.0 Å². The van der Waals surface area contributed by atoms with Crippen molar-refractivity contribution in [2.24, 2.45) is 0 Å². The number of rotatable bonds is 6. The molecule has 3 rings (SSSR count). The molecule has 0 aliphatic carbocycles. The van der Waals surface area contributed by atoms with E-state index in [0.717, 1.165) is 34.4 Å². The summed E-state index contributed by atoms with van der Waals surface area (Å²) in [7, 11) is 1.65. The molecular weight excluding hydrogens is 330 g/mol. The largest absolute Gasteiger partial charge is 0.507 e. The van der Waals surface area contributed by atoms with Crippen molar-refractivity contribution in [3.8, 4) is 28.8 Å². The maximum Gasteiger partial charge on any atom is 0.335 e. The number of ether oxygens (including phenoxy) is 2. The highest BCUT2D eigenvalue weighted by molar-refractivity contribution is 5.62. The van der Waals surface area contributed by atoms with Crippen LogP contribution in [0.3, 0.4) is 0 Å². The zero-order chi connectivity index (χ0) is 18.5. The first-order valence-electron chi connectivity index (χ1n) is 8.33. The molecule has 1 heterocycles. The summed E-state index contributed by atoms with van der Waals surface area (Å²) < 4.78 is 10.7. The smallest absolute Gasteiger partial charge is 0.335 e. The zero-order valence-electron chi connectivity index (χ0n) is 15.1. The molecule has 0 radical (unpaired) electrons. The van der Waals surface area contributed by atoms with E-state index >= 15 is 0 Å². The van der Waals surface area contributed by atoms with E-state index in [4.69, 9.17) is 9.47 Å². The van der Waals surface area contributed by atoms with E-state index in [1.165, 1.54) is 0 Å². The second-order valence-electron chi connectivity index (χ2n) is 6.03. The van der Waals surface area contributed by atoms with Crippen LogP contribution in [0.2, 0.25) is 0 Å². The quantitative estimate of drug-likeness (QED) is 0.732. The molecule has 134 valence electrons. The second kappa shape index (κ2) is 7.82. The third-order valence-electron chi connectivity index (χ3n) is 4.11. The zero-order valence-corrected chi connectivity index (χ0v) is 15.1. The van der Waals surface area contributed by atoms with Gasteiger partial charge in [0.15, 0.2) is 0 Å². The first-order valence-corrected chi connectivity index (χ1v) is 8.33. The summed E-state index contributed by atoms with van der Waals surface area (Å²) in [5.41, 5.74) is 4.23. The van der Waals surface area contributed by atoms with Crippen molar-refractivity contribution in [2.75, 3.05) is 13.7 Å². The number of hydrogen-bond donors (Lipinski definition) is 1. The Labute approximate surface area is 152 Å². The standard InChI is InChI=1S/C20H21N3O3/c1-13-10-16(11-14(2)19(13)24)18-12-21-20(23-22-18)26-9-8-15-4-6-17(25-3)7-5-15/h4-7,10-12,24H,8-9H2,1-3H3. The molecule has 1 N–H and O–H groups in total. The lowest BCUT2D eigenvalue weighted by Crippen LogP contribution is -2.05. The van der Waals surface area contributed by atoms with Crippen molar-refractivity contribution in [1.82, 2.24) is 15.2 Å². The lowest BCUT2D eigenvalue weighted by atomic mass is 10.0. The molecule has 0 atom stereocenters. The predicted molar refractivity (Wildman–Crippen MR) is 98.6 cm³/mol. The number of methoxy groups -OCH3 is 1. The van der Waals surface area contributed by atoms with Gasteiger partial charge in [0.2, 0.25) is 0 Å². The van der Waals surface area contributed by atoms with Gasteiger partial charge in [-0.05, 0) is 54.8 Å². The van der Waals surface area contributed by atoms with Gasteiger partial charge in [-0.15, -0.1) is 5.10 Å². The molecule has 0 spiro atoms. The SMILES string of the molecule is COc1ccc(CCOc2ncc(-c3cc(C)c(O)c(C)c3)nn2)cc1. The van der Waals surface area contributed by atoms with Crippen LogP contribution in [0.25, 0.3) is 11.3 Å². The minimum atomic E-state index is 0.245. The number of nitrogens with zero attached hydrogens (tertiary/aromatic N) is 3. The Hall–Kier alpha value is -3.15. The van der Waals surface area contributed by atoms with E-state index in [1.54, 1.807) is 13.3 Å². The van der Waals surface area contributed by atoms with Crippen molar-refractivity contribution in [2.45, 2.75) is 20.3 Å². The number of aryl methyl sites for hydroxylation is 2. The Kier molecular flexibility index (Phi) is 5.31. The molecule has 3 aromatic rings. The summed E-state index contributed by atoms with van der Waals surface area (Å²) in [5, 5.41) is 18.1. The number of aromatic hydroxyl groups is 1. The van der Waals surface area contributed by atoms with Crippen LogP contribution < -0.4 is 9.47 Å². The monoisotopic (exact) mass is 351 g/mol. The van der Waals surface area contributed by atoms with Gasteiger partial charge in [-0.1, -0.05) is 17.2 Å². The Morgan fingerprint density at radius 3 is 2.27 bits per heavy atom. The molecule has 0 bridgehead atoms. The Balaban J connectivity index is 1.60. The van der Waals surface area contributed by atoms with Crippen molar-refractivity contribution in [3.05, 3.63) is 59.3 Å². The predicted octanol–water partition coefficient (Wildman–Crippen LogP) is 3.49. The van der Waals surface area contributed by atoms with Gasteiger partial charge in [0.05, 0.1) is 19.9 Å². The average Bonchev–Trinajstić information content (AvgIpc) is 2.67. The number of phenolic OH excluding ortho intramolecular Hbond substituents is 1. The molecule has 0 saturated carbocycles. The number of phenols is 1. The van der Waals surface area contributed by atoms with Gasteiger partial charge in [-0.3, -0.25) is 0 Å². The fourth-order valence-electron chi connectivity index (χ4n) is 2.62. The van der Waals surface area contributed by atoms with Gasteiger partial charge in [0, 0.05) is 12.0 Å². The van der Waals surface area contributed by atoms with Crippen LogP contribution in [-0.2, 0) is 6.42 Å². The molecule has 0 aliphatic heterocycles. The third kappa shape index (κ3) is 4.08. The molecule has 0 amide bonds. The van der Waals surface area contributed by atoms with Crippen molar-refractivity contribution in [3.63, 3.8) is 0 Å². The summed E-state index contributed by atoms with van der Waals surface area (Å²) in [6.45, 7) is 4.16. The van der Waals surface area contributed by atoms with Crippen molar-refractivity contribution >= 4 is 0 Å². The molecule has 6 nitrogen and oxygen atoms in total. The summed E-state index contributed by atoms with van der Waals surface area (Å²) in [5.74, 6) is 1.13. The Morgan fingerprint density at radius 1 is 1.00 bits per heavy atom. The van der Waals surface area contributed by atoms with Crippen LogP contribution in [0.4, 0.5) is 0 Å². The minimum absolute atomic E-state index is 0.245. The highest BCUT2D eigenvalue weighted by Gasteiger charge is 2.08. The van der Waals surface area contributed by atoms with E-state index in [9.17, 15) is 5.11 Å². The van der Waals surface area contributed by atoms with Crippen LogP contribution in [0, 0.1) is 13.8 Å². The fraction of sp³-hybridized carbons (Fsp3) is 0.250. The first kappa shape index (κ1) is 17.7. The maximum absolute atomic E-state index is 9.86. The Morgan fingerprint density at radius 2 is 1.69 bits per heavy atom. The van der Waals surface area contributed by atoms with Crippen LogP contribution in [0.5, 0.6) is 17.5 Å². The molecule has 0 aliphatic rings. The Bertz CT molecular complexity index is 855. The first-order chi connectivity index (χ1) is 12.6. The van der Waals surface area contributed by atoms with Crippen molar-refractivity contribution < 1.29 is 14.6 Å². The van der Waals surface area contributed by atoms with Gasteiger partial charge < -0.3 is 14.6 Å². The number of hydrogen-bond acceptors (Lipinski definition) is 6. The van der Waals surface area contributed by atoms with Gasteiger partial charge >= 0.3 is 6.01 Å². The van der Waals surface area contributed by atoms with E-state index in [1.807, 2.05) is 50.2 Å². The summed E-state index contributed by atoms with van der Waals surface area (Å²) in [6.07, 6.45) is 2.37. The lowest BCUT2D eigenvalue weighted by Gasteiger charge is -2.08. The molecule has 0 saturated heterocycles. The third-order valence-corrected chi connectivity index (χ3v) is 4.11. The van der Waals surface area contributed by atoms with Gasteiger partial charge in [-0.2, -0.15) is 0 Å². The average molecular weight is 351 g/mol. The minimum Gasteiger partial charge on any atom is -0.507 e. The van der Waals surface area contributed by atoms with E-state index in [-0.39, 0.29) is 6.01 Å². The van der Waals surface area contributed by atoms with Gasteiger partial charge in [0.1, 0.15) is 17.2 Å². The van der Waals surface area contributed by atoms with Gasteiger partial charge in [0.25, 0.3) is 0 Å². The maximum atomic E-state index is 9.86. The molecular formula is C20H21N3O3. The summed E-state index contributed by atoms with van der Waals surface area (Å²) in [4.78, 5) is 4.22. The molecule has 0 unspecified atom stereocenters. The normalized spacial score (nSPS) is 10.6.